The van der Waals surface area contributed by atoms with Gasteiger partial charge in [0.05, 0.1) is 11.9 Å². The lowest BCUT2D eigenvalue weighted by atomic mass is 10.1. The molecule has 6 heteroatoms. The van der Waals surface area contributed by atoms with Gasteiger partial charge < -0.3 is 11.1 Å². The van der Waals surface area contributed by atoms with Crippen LogP contribution in [0.25, 0.3) is 22.4 Å². The van der Waals surface area contributed by atoms with Crippen LogP contribution in [-0.4, -0.2) is 26.5 Å². The van der Waals surface area contributed by atoms with E-state index in [1.54, 1.807) is 6.20 Å². The third-order valence-corrected chi connectivity index (χ3v) is 4.04. The van der Waals surface area contributed by atoms with Crippen molar-refractivity contribution in [1.29, 1.82) is 0 Å². The van der Waals surface area contributed by atoms with Gasteiger partial charge in [0.1, 0.15) is 0 Å². The van der Waals surface area contributed by atoms with Crippen molar-refractivity contribution in [3.8, 4) is 11.3 Å². The first-order chi connectivity index (χ1) is 12.8. The van der Waals surface area contributed by atoms with E-state index in [0.29, 0.717) is 17.0 Å². The molecule has 0 saturated carbocycles. The number of fused-ring (bicyclic) bond motifs is 1. The van der Waals surface area contributed by atoms with E-state index < -0.39 is 0 Å². The topological polar surface area (TPSA) is 89.6 Å². The molecular formula is C20H18N6. The standard InChI is InChI=1S/C20H18N6/c21-20-25-18(22-12-11-14-7-3-1-4-8-14)17-19(26-20)24-16(13-23-17)15-9-5-2-6-10-15/h1-10,13H,11-12H2,(H3,21,22,24,25,26). The number of hydrogen-bond acceptors (Lipinski definition) is 6. The minimum absolute atomic E-state index is 0.180. The molecule has 0 aliphatic carbocycles. The van der Waals surface area contributed by atoms with E-state index >= 15 is 0 Å². The zero-order chi connectivity index (χ0) is 17.8. The lowest BCUT2D eigenvalue weighted by molar-refractivity contribution is 1.00. The monoisotopic (exact) mass is 342 g/mol. The van der Waals surface area contributed by atoms with Crippen LogP contribution >= 0.6 is 0 Å². The maximum absolute atomic E-state index is 5.87. The molecule has 0 aliphatic rings. The van der Waals surface area contributed by atoms with E-state index in [1.807, 2.05) is 48.5 Å². The largest absolute Gasteiger partial charge is 0.368 e. The second-order valence-corrected chi connectivity index (χ2v) is 5.89. The normalized spacial score (nSPS) is 10.8. The quantitative estimate of drug-likeness (QED) is 0.578. The fourth-order valence-electron chi connectivity index (χ4n) is 2.77. The van der Waals surface area contributed by atoms with Crippen LogP contribution in [0.1, 0.15) is 5.56 Å². The van der Waals surface area contributed by atoms with Crippen LogP contribution in [0.2, 0.25) is 0 Å². The predicted octanol–water partition coefficient (Wildman–Crippen LogP) is 3.32. The first-order valence-electron chi connectivity index (χ1n) is 8.43. The number of hydrogen-bond donors (Lipinski definition) is 2. The van der Waals surface area contributed by atoms with E-state index in [9.17, 15) is 0 Å². The molecule has 0 bridgehead atoms. The minimum Gasteiger partial charge on any atom is -0.368 e. The Hall–Kier alpha value is -3.54. The van der Waals surface area contributed by atoms with Gasteiger partial charge in [-0.2, -0.15) is 9.97 Å². The Morgan fingerprint density at radius 2 is 1.58 bits per heavy atom. The highest BCUT2D eigenvalue weighted by Crippen LogP contribution is 2.22. The second-order valence-electron chi connectivity index (χ2n) is 5.89. The molecular weight excluding hydrogens is 324 g/mol. The summed E-state index contributed by atoms with van der Waals surface area (Å²) in [6.45, 7) is 0.720. The van der Waals surface area contributed by atoms with Gasteiger partial charge in [-0.15, -0.1) is 0 Å². The summed E-state index contributed by atoms with van der Waals surface area (Å²) >= 11 is 0. The minimum atomic E-state index is 0.180. The zero-order valence-electron chi connectivity index (χ0n) is 14.1. The highest BCUT2D eigenvalue weighted by molar-refractivity contribution is 5.84. The number of nitrogens with zero attached hydrogens (tertiary/aromatic N) is 4. The number of nitrogen functional groups attached to an aromatic ring is 1. The van der Waals surface area contributed by atoms with Crippen LogP contribution in [0.15, 0.2) is 66.9 Å². The van der Waals surface area contributed by atoms with E-state index in [4.69, 9.17) is 5.73 Å². The number of aromatic nitrogens is 4. The van der Waals surface area contributed by atoms with Crippen LogP contribution in [0.4, 0.5) is 11.8 Å². The average molecular weight is 342 g/mol. The molecule has 2 heterocycles. The summed E-state index contributed by atoms with van der Waals surface area (Å²) in [4.78, 5) is 17.6. The molecule has 0 spiro atoms. The van der Waals surface area contributed by atoms with Gasteiger partial charge in [0.15, 0.2) is 17.0 Å². The average Bonchev–Trinajstić information content (AvgIpc) is 2.69. The number of benzene rings is 2. The van der Waals surface area contributed by atoms with E-state index in [1.165, 1.54) is 5.56 Å². The molecule has 0 saturated heterocycles. The molecule has 0 aliphatic heterocycles. The van der Waals surface area contributed by atoms with Crippen molar-refractivity contribution >= 4 is 22.9 Å². The van der Waals surface area contributed by atoms with Gasteiger partial charge >= 0.3 is 0 Å². The highest BCUT2D eigenvalue weighted by Gasteiger charge is 2.10. The Balaban J connectivity index is 1.60. The van der Waals surface area contributed by atoms with Gasteiger partial charge in [-0.1, -0.05) is 60.7 Å². The van der Waals surface area contributed by atoms with E-state index in [0.717, 1.165) is 24.2 Å². The van der Waals surface area contributed by atoms with E-state index in [2.05, 4.69) is 37.4 Å². The van der Waals surface area contributed by atoms with Gasteiger partial charge in [0.2, 0.25) is 5.95 Å². The lowest BCUT2D eigenvalue weighted by Crippen LogP contribution is -2.10. The Kier molecular flexibility index (Phi) is 4.38. The van der Waals surface area contributed by atoms with Crippen molar-refractivity contribution in [2.24, 2.45) is 0 Å². The first-order valence-corrected chi connectivity index (χ1v) is 8.43. The van der Waals surface area contributed by atoms with Crippen molar-refractivity contribution < 1.29 is 0 Å². The molecule has 2 aromatic heterocycles. The summed E-state index contributed by atoms with van der Waals surface area (Å²) in [5.74, 6) is 0.787. The number of anilines is 2. The van der Waals surface area contributed by atoms with Gasteiger partial charge in [-0.25, -0.2) is 9.97 Å². The number of nitrogens with two attached hydrogens (primary N) is 1. The smallest absolute Gasteiger partial charge is 0.224 e. The SMILES string of the molecule is Nc1nc(NCCc2ccccc2)c2ncc(-c3ccccc3)nc2n1. The Morgan fingerprint density at radius 3 is 2.35 bits per heavy atom. The molecule has 0 atom stereocenters. The fraction of sp³-hybridized carbons (Fsp3) is 0.100. The lowest BCUT2D eigenvalue weighted by Gasteiger charge is -2.09. The molecule has 0 fully saturated rings. The number of nitrogens with one attached hydrogen (secondary N) is 1. The van der Waals surface area contributed by atoms with Crippen LogP contribution in [0.3, 0.4) is 0 Å². The Morgan fingerprint density at radius 1 is 0.846 bits per heavy atom. The summed E-state index contributed by atoms with van der Waals surface area (Å²) in [5.41, 5.74) is 9.96. The summed E-state index contributed by atoms with van der Waals surface area (Å²) in [5, 5.41) is 3.30. The zero-order valence-corrected chi connectivity index (χ0v) is 14.1. The third-order valence-electron chi connectivity index (χ3n) is 4.04. The maximum Gasteiger partial charge on any atom is 0.224 e. The van der Waals surface area contributed by atoms with Gasteiger partial charge in [-0.3, -0.25) is 0 Å². The predicted molar refractivity (Wildman–Crippen MR) is 104 cm³/mol. The molecule has 128 valence electrons. The molecule has 0 amide bonds. The van der Waals surface area contributed by atoms with Crippen LogP contribution in [0.5, 0.6) is 0 Å². The van der Waals surface area contributed by atoms with Crippen LogP contribution in [0, 0.1) is 0 Å². The molecule has 26 heavy (non-hydrogen) atoms. The van der Waals surface area contributed by atoms with Gasteiger partial charge in [0.25, 0.3) is 0 Å². The van der Waals surface area contributed by atoms with Crippen molar-refractivity contribution in [3.63, 3.8) is 0 Å². The van der Waals surface area contributed by atoms with Crippen molar-refractivity contribution in [2.75, 3.05) is 17.6 Å². The molecule has 0 radical (unpaired) electrons. The Bertz CT molecular complexity index is 1020. The molecule has 3 N–H and O–H groups in total. The molecule has 0 unspecified atom stereocenters. The fourth-order valence-corrected chi connectivity index (χ4v) is 2.77. The summed E-state index contributed by atoms with van der Waals surface area (Å²) in [7, 11) is 0. The highest BCUT2D eigenvalue weighted by atomic mass is 15.1. The maximum atomic E-state index is 5.87. The van der Waals surface area contributed by atoms with Gasteiger partial charge in [-0.05, 0) is 12.0 Å². The molecule has 4 aromatic rings. The molecule has 6 nitrogen and oxygen atoms in total. The van der Waals surface area contributed by atoms with Crippen LogP contribution in [-0.2, 0) is 6.42 Å². The molecule has 2 aromatic carbocycles. The third kappa shape index (κ3) is 3.44. The second kappa shape index (κ2) is 7.14. The summed E-state index contributed by atoms with van der Waals surface area (Å²) in [6.07, 6.45) is 2.61. The van der Waals surface area contributed by atoms with Gasteiger partial charge in [0, 0.05) is 12.1 Å². The number of rotatable bonds is 5. The Labute approximate surface area is 151 Å². The summed E-state index contributed by atoms with van der Waals surface area (Å²) < 4.78 is 0. The summed E-state index contributed by atoms with van der Waals surface area (Å²) in [6, 6.07) is 20.1. The molecule has 4 rings (SSSR count). The first kappa shape index (κ1) is 16.0. The van der Waals surface area contributed by atoms with Crippen molar-refractivity contribution in [3.05, 3.63) is 72.4 Å². The van der Waals surface area contributed by atoms with E-state index in [-0.39, 0.29) is 5.95 Å². The van der Waals surface area contributed by atoms with Crippen molar-refractivity contribution in [1.82, 2.24) is 19.9 Å². The van der Waals surface area contributed by atoms with Crippen LogP contribution < -0.4 is 11.1 Å². The van der Waals surface area contributed by atoms with Crippen molar-refractivity contribution in [2.45, 2.75) is 6.42 Å².